The maximum absolute atomic E-state index is 12.6. The Morgan fingerprint density at radius 3 is 2.30 bits per heavy atom. The van der Waals surface area contributed by atoms with Gasteiger partial charge in [-0.15, -0.1) is 0 Å². The third kappa shape index (κ3) is 3.34. The van der Waals surface area contributed by atoms with Crippen molar-refractivity contribution >= 4 is 11.8 Å². The van der Waals surface area contributed by atoms with Crippen LogP contribution in [0.3, 0.4) is 0 Å². The highest BCUT2D eigenvalue weighted by atomic mass is 16.5. The van der Waals surface area contributed by atoms with Crippen LogP contribution >= 0.6 is 0 Å². The molecule has 1 saturated carbocycles. The fraction of sp³-hybridized carbons (Fsp3) is 0.300. The normalized spacial score (nSPS) is 21.9. The summed E-state index contributed by atoms with van der Waals surface area (Å²) >= 11 is 0. The second kappa shape index (κ2) is 6.78. The van der Waals surface area contributed by atoms with Crippen LogP contribution in [-0.4, -0.2) is 11.8 Å². The van der Waals surface area contributed by atoms with Crippen LogP contribution < -0.4 is 0 Å². The van der Waals surface area contributed by atoms with E-state index in [0.717, 1.165) is 11.1 Å². The molecule has 0 amide bonds. The average molecular weight is 308 g/mol. The standard InChI is InChI=1S/C20H20O3/c1-14(15-8-4-2-5-9-15)23-20(22)17-12-13-18(21)19(17)16-10-6-3-7-11-16/h2-11,14,17,19H,12-13H2,1H3/t14-,17-,19+/m0/s1. The molecular weight excluding hydrogens is 288 g/mol. The molecular formula is C20H20O3. The monoisotopic (exact) mass is 308 g/mol. The van der Waals surface area contributed by atoms with Crippen molar-refractivity contribution < 1.29 is 14.3 Å². The first kappa shape index (κ1) is 15.5. The van der Waals surface area contributed by atoms with Gasteiger partial charge in [0.1, 0.15) is 11.9 Å². The number of carbonyl (C=O) groups excluding carboxylic acids is 2. The first-order chi connectivity index (χ1) is 11.2. The Bertz CT molecular complexity index is 679. The number of rotatable bonds is 4. The summed E-state index contributed by atoms with van der Waals surface area (Å²) in [5.74, 6) is -0.894. The molecule has 0 N–H and O–H groups in total. The first-order valence-corrected chi connectivity index (χ1v) is 8.00. The van der Waals surface area contributed by atoms with Gasteiger partial charge in [-0.05, 0) is 24.5 Å². The second-order valence-electron chi connectivity index (χ2n) is 5.99. The molecule has 0 saturated heterocycles. The minimum absolute atomic E-state index is 0.130. The summed E-state index contributed by atoms with van der Waals surface area (Å²) in [7, 11) is 0. The van der Waals surface area contributed by atoms with Crippen LogP contribution in [-0.2, 0) is 14.3 Å². The van der Waals surface area contributed by atoms with Gasteiger partial charge in [0.15, 0.2) is 0 Å². The topological polar surface area (TPSA) is 43.4 Å². The summed E-state index contributed by atoms with van der Waals surface area (Å²) in [6.45, 7) is 1.86. The Kier molecular flexibility index (Phi) is 4.56. The highest BCUT2D eigenvalue weighted by Gasteiger charge is 2.41. The van der Waals surface area contributed by atoms with Crippen LogP contribution in [0.15, 0.2) is 60.7 Å². The zero-order chi connectivity index (χ0) is 16.2. The summed E-state index contributed by atoms with van der Waals surface area (Å²) < 4.78 is 5.63. The number of hydrogen-bond donors (Lipinski definition) is 0. The van der Waals surface area contributed by atoms with E-state index in [2.05, 4.69) is 0 Å². The lowest BCUT2D eigenvalue weighted by Gasteiger charge is -2.21. The van der Waals surface area contributed by atoms with Gasteiger partial charge in [0.05, 0.1) is 11.8 Å². The SMILES string of the molecule is C[C@H](OC(=O)[C@H]1CCC(=O)[C@@H]1c1ccccc1)c1ccccc1. The van der Waals surface area contributed by atoms with E-state index < -0.39 is 0 Å². The molecule has 2 aromatic carbocycles. The molecule has 0 bridgehead atoms. The number of ether oxygens (including phenoxy) is 1. The van der Waals surface area contributed by atoms with Gasteiger partial charge in [-0.3, -0.25) is 9.59 Å². The summed E-state index contributed by atoms with van der Waals surface area (Å²) in [6.07, 6.45) is 0.702. The van der Waals surface area contributed by atoms with E-state index in [1.54, 1.807) is 0 Å². The average Bonchev–Trinajstić information content (AvgIpc) is 2.98. The molecule has 0 spiro atoms. The highest BCUT2D eigenvalue weighted by molar-refractivity contribution is 5.94. The molecule has 3 rings (SSSR count). The van der Waals surface area contributed by atoms with Crippen LogP contribution in [0.1, 0.15) is 42.9 Å². The smallest absolute Gasteiger partial charge is 0.310 e. The molecule has 23 heavy (non-hydrogen) atoms. The minimum atomic E-state index is -0.379. The van der Waals surface area contributed by atoms with Gasteiger partial charge in [-0.2, -0.15) is 0 Å². The van der Waals surface area contributed by atoms with Gasteiger partial charge in [0.2, 0.25) is 0 Å². The van der Waals surface area contributed by atoms with Gasteiger partial charge in [0, 0.05) is 6.42 Å². The van der Waals surface area contributed by atoms with E-state index in [-0.39, 0.29) is 29.7 Å². The number of carbonyl (C=O) groups is 2. The third-order valence-electron chi connectivity index (χ3n) is 4.47. The van der Waals surface area contributed by atoms with Crippen molar-refractivity contribution in [3.05, 3.63) is 71.8 Å². The lowest BCUT2D eigenvalue weighted by atomic mass is 9.88. The Hall–Kier alpha value is -2.42. The summed E-state index contributed by atoms with van der Waals surface area (Å²) in [5, 5.41) is 0. The van der Waals surface area contributed by atoms with E-state index in [1.165, 1.54) is 0 Å². The van der Waals surface area contributed by atoms with Crippen molar-refractivity contribution in [2.24, 2.45) is 5.92 Å². The molecule has 0 unspecified atom stereocenters. The predicted octanol–water partition coefficient (Wildman–Crippen LogP) is 4.05. The molecule has 0 heterocycles. The molecule has 0 aliphatic heterocycles. The second-order valence-corrected chi connectivity index (χ2v) is 5.99. The zero-order valence-corrected chi connectivity index (χ0v) is 13.1. The van der Waals surface area contributed by atoms with E-state index >= 15 is 0 Å². The first-order valence-electron chi connectivity index (χ1n) is 8.00. The fourth-order valence-corrected chi connectivity index (χ4v) is 3.23. The van der Waals surface area contributed by atoms with Crippen molar-refractivity contribution in [3.8, 4) is 0 Å². The van der Waals surface area contributed by atoms with Crippen LogP contribution in [0.5, 0.6) is 0 Å². The van der Waals surface area contributed by atoms with E-state index in [1.807, 2.05) is 67.6 Å². The predicted molar refractivity (Wildman–Crippen MR) is 87.9 cm³/mol. The quantitative estimate of drug-likeness (QED) is 0.800. The molecule has 3 heteroatoms. The summed E-state index contributed by atoms with van der Waals surface area (Å²) in [4.78, 5) is 24.8. The largest absolute Gasteiger partial charge is 0.458 e. The number of esters is 1. The van der Waals surface area contributed by atoms with E-state index in [9.17, 15) is 9.59 Å². The highest BCUT2D eigenvalue weighted by Crippen LogP contribution is 2.38. The van der Waals surface area contributed by atoms with Gasteiger partial charge in [-0.1, -0.05) is 60.7 Å². The third-order valence-corrected chi connectivity index (χ3v) is 4.47. The van der Waals surface area contributed by atoms with Gasteiger partial charge < -0.3 is 4.74 Å². The molecule has 1 fully saturated rings. The Morgan fingerprint density at radius 1 is 1.04 bits per heavy atom. The van der Waals surface area contributed by atoms with Crippen molar-refractivity contribution in [2.45, 2.75) is 31.8 Å². The summed E-state index contributed by atoms with van der Waals surface area (Å²) in [5.41, 5.74) is 1.87. The molecule has 0 radical (unpaired) electrons. The van der Waals surface area contributed by atoms with E-state index in [0.29, 0.717) is 12.8 Å². The molecule has 118 valence electrons. The number of hydrogen-bond acceptors (Lipinski definition) is 3. The van der Waals surface area contributed by atoms with Crippen molar-refractivity contribution in [2.75, 3.05) is 0 Å². The fourth-order valence-electron chi connectivity index (χ4n) is 3.23. The van der Waals surface area contributed by atoms with Crippen LogP contribution in [0.2, 0.25) is 0 Å². The van der Waals surface area contributed by atoms with Crippen molar-refractivity contribution in [1.29, 1.82) is 0 Å². The Labute approximate surface area is 136 Å². The number of Topliss-reactive ketones (excluding diaryl/α,β-unsaturated/α-hetero) is 1. The lowest BCUT2D eigenvalue weighted by Crippen LogP contribution is -2.24. The zero-order valence-electron chi connectivity index (χ0n) is 13.1. The maximum Gasteiger partial charge on any atom is 0.310 e. The van der Waals surface area contributed by atoms with Crippen LogP contribution in [0, 0.1) is 5.92 Å². The summed E-state index contributed by atoms with van der Waals surface area (Å²) in [6, 6.07) is 19.2. The van der Waals surface area contributed by atoms with Crippen LogP contribution in [0.25, 0.3) is 0 Å². The van der Waals surface area contributed by atoms with Gasteiger partial charge in [0.25, 0.3) is 0 Å². The minimum Gasteiger partial charge on any atom is -0.458 e. The van der Waals surface area contributed by atoms with Gasteiger partial charge in [-0.25, -0.2) is 0 Å². The van der Waals surface area contributed by atoms with Gasteiger partial charge >= 0.3 is 5.97 Å². The lowest BCUT2D eigenvalue weighted by molar-refractivity contribution is -0.154. The molecule has 3 nitrogen and oxygen atoms in total. The number of benzene rings is 2. The Balaban J connectivity index is 1.75. The molecule has 1 aliphatic rings. The van der Waals surface area contributed by atoms with Crippen LogP contribution in [0.4, 0.5) is 0 Å². The molecule has 1 aliphatic carbocycles. The molecule has 0 aromatic heterocycles. The van der Waals surface area contributed by atoms with Crippen molar-refractivity contribution in [3.63, 3.8) is 0 Å². The molecule has 2 aromatic rings. The number of ketones is 1. The Morgan fingerprint density at radius 2 is 1.65 bits per heavy atom. The maximum atomic E-state index is 12.6. The van der Waals surface area contributed by atoms with Crippen molar-refractivity contribution in [1.82, 2.24) is 0 Å². The molecule has 3 atom stereocenters. The van der Waals surface area contributed by atoms with E-state index in [4.69, 9.17) is 4.74 Å².